The Labute approximate surface area is 124 Å². The van der Waals surface area contributed by atoms with Crippen LogP contribution in [0.1, 0.15) is 33.1 Å². The summed E-state index contributed by atoms with van der Waals surface area (Å²) in [6.07, 6.45) is -3.02. The highest BCUT2D eigenvalue weighted by Crippen LogP contribution is 2.33. The van der Waals surface area contributed by atoms with Gasteiger partial charge in [0.1, 0.15) is 13.2 Å². The minimum atomic E-state index is -4.45. The lowest BCUT2D eigenvalue weighted by molar-refractivity contribution is -0.187. The molecule has 0 bridgehead atoms. The maximum Gasteiger partial charge on any atom is 0.377 e. The van der Waals surface area contributed by atoms with Crippen LogP contribution in [0.25, 0.3) is 0 Å². The third-order valence-corrected chi connectivity index (χ3v) is 2.82. The predicted molar refractivity (Wildman–Crippen MR) is 66.5 cm³/mol. The molecule has 0 aliphatic rings. The van der Waals surface area contributed by atoms with Gasteiger partial charge in [-0.05, 0) is 6.42 Å². The number of halogens is 5. The molecule has 1 unspecified atom stereocenters. The summed E-state index contributed by atoms with van der Waals surface area (Å²) in [4.78, 5) is 22.3. The van der Waals surface area contributed by atoms with E-state index in [9.17, 15) is 31.5 Å². The average Bonchev–Trinajstić information content (AvgIpc) is 2.40. The summed E-state index contributed by atoms with van der Waals surface area (Å²) >= 11 is 0. The quantitative estimate of drug-likeness (QED) is 0.350. The number of alkyl halides is 5. The van der Waals surface area contributed by atoms with E-state index in [0.29, 0.717) is 6.42 Å². The molecule has 9 heteroatoms. The first-order valence-electron chi connectivity index (χ1n) is 6.71. The van der Waals surface area contributed by atoms with Gasteiger partial charge in [0.15, 0.2) is 0 Å². The van der Waals surface area contributed by atoms with Crippen LogP contribution in [-0.2, 0) is 19.1 Å². The molecule has 0 fully saturated rings. The predicted octanol–water partition coefficient (Wildman–Crippen LogP) is 3.14. The normalized spacial score (nSPS) is 13.6. The van der Waals surface area contributed by atoms with E-state index >= 15 is 0 Å². The Morgan fingerprint density at radius 3 is 2.14 bits per heavy atom. The molecule has 0 radical (unpaired) electrons. The van der Waals surface area contributed by atoms with Gasteiger partial charge in [-0.3, -0.25) is 9.18 Å². The number of hydrogen-bond acceptors (Lipinski definition) is 4. The highest BCUT2D eigenvalue weighted by atomic mass is 19.3. The van der Waals surface area contributed by atoms with Crippen molar-refractivity contribution in [2.24, 2.45) is 5.92 Å². The van der Waals surface area contributed by atoms with E-state index in [1.165, 1.54) is 0 Å². The molecule has 0 aliphatic carbocycles. The average molecular weight is 334 g/mol. The Kier molecular flexibility index (Phi) is 8.32. The number of ether oxygens (including phenoxy) is 2. The van der Waals surface area contributed by atoms with Crippen LogP contribution in [0.4, 0.5) is 22.0 Å². The third kappa shape index (κ3) is 7.56. The van der Waals surface area contributed by atoms with Gasteiger partial charge in [-0.25, -0.2) is 13.6 Å². The van der Waals surface area contributed by atoms with Crippen LogP contribution in [0.2, 0.25) is 0 Å². The van der Waals surface area contributed by atoms with Gasteiger partial charge >= 0.3 is 17.9 Å². The zero-order valence-corrected chi connectivity index (χ0v) is 12.3. The Morgan fingerprint density at radius 1 is 1.09 bits per heavy atom. The van der Waals surface area contributed by atoms with Crippen LogP contribution in [0.15, 0.2) is 0 Å². The van der Waals surface area contributed by atoms with E-state index in [0.717, 1.165) is 0 Å². The lowest BCUT2D eigenvalue weighted by atomic mass is 10.1. The van der Waals surface area contributed by atoms with Crippen molar-refractivity contribution in [2.75, 3.05) is 19.9 Å². The van der Waals surface area contributed by atoms with Gasteiger partial charge < -0.3 is 9.47 Å². The summed E-state index contributed by atoms with van der Waals surface area (Å²) in [5, 5.41) is 0. The summed E-state index contributed by atoms with van der Waals surface area (Å²) in [6.45, 7) is 0.723. The molecule has 1 atom stereocenters. The van der Waals surface area contributed by atoms with Gasteiger partial charge in [-0.1, -0.05) is 13.8 Å². The molecule has 0 saturated heterocycles. The summed E-state index contributed by atoms with van der Waals surface area (Å²) in [5.74, 6) is -11.6. The van der Waals surface area contributed by atoms with E-state index < -0.39 is 62.4 Å². The molecule has 0 heterocycles. The van der Waals surface area contributed by atoms with Gasteiger partial charge in [0.25, 0.3) is 5.92 Å². The van der Waals surface area contributed by atoms with Crippen molar-refractivity contribution in [1.82, 2.24) is 0 Å². The summed E-state index contributed by atoms with van der Waals surface area (Å²) in [7, 11) is 0. The second-order valence-corrected chi connectivity index (χ2v) is 4.79. The van der Waals surface area contributed by atoms with E-state index in [1.807, 2.05) is 0 Å². The Balaban J connectivity index is 4.22. The van der Waals surface area contributed by atoms with E-state index in [4.69, 9.17) is 0 Å². The maximum absolute atomic E-state index is 13.2. The van der Waals surface area contributed by atoms with E-state index in [2.05, 4.69) is 9.47 Å². The van der Waals surface area contributed by atoms with Crippen LogP contribution in [0.3, 0.4) is 0 Å². The topological polar surface area (TPSA) is 52.6 Å². The van der Waals surface area contributed by atoms with Gasteiger partial charge in [-0.15, -0.1) is 0 Å². The zero-order chi connectivity index (χ0) is 17.4. The molecule has 0 N–H and O–H groups in total. The first-order valence-corrected chi connectivity index (χ1v) is 6.71. The Hall–Kier alpha value is -1.41. The fourth-order valence-electron chi connectivity index (χ4n) is 1.31. The standard InChI is InChI=1S/C13H19F5O4/c1-3-9(2)10(19)21-6-7-22-11(20)13(17,18)8-12(15,16)4-5-14/h9H,3-8H2,1-2H3. The zero-order valence-electron chi connectivity index (χ0n) is 12.3. The summed E-state index contributed by atoms with van der Waals surface area (Å²) in [5.41, 5.74) is 0. The molecule has 0 saturated carbocycles. The van der Waals surface area contributed by atoms with Gasteiger partial charge in [-0.2, -0.15) is 8.78 Å². The van der Waals surface area contributed by atoms with Crippen LogP contribution in [0, 0.1) is 5.92 Å². The second kappa shape index (κ2) is 8.89. The van der Waals surface area contributed by atoms with Crippen molar-refractivity contribution in [3.05, 3.63) is 0 Å². The van der Waals surface area contributed by atoms with E-state index in [-0.39, 0.29) is 0 Å². The van der Waals surface area contributed by atoms with Crippen LogP contribution >= 0.6 is 0 Å². The molecule has 4 nitrogen and oxygen atoms in total. The number of esters is 2. The second-order valence-electron chi connectivity index (χ2n) is 4.79. The summed E-state index contributed by atoms with van der Waals surface area (Å²) in [6, 6.07) is 0. The first kappa shape index (κ1) is 20.6. The largest absolute Gasteiger partial charge is 0.462 e. The van der Waals surface area contributed by atoms with Crippen molar-refractivity contribution >= 4 is 11.9 Å². The number of rotatable bonds is 10. The minimum Gasteiger partial charge on any atom is -0.462 e. The van der Waals surface area contributed by atoms with Crippen LogP contribution in [0.5, 0.6) is 0 Å². The first-order chi connectivity index (χ1) is 10.1. The maximum atomic E-state index is 13.2. The highest BCUT2D eigenvalue weighted by molar-refractivity contribution is 5.77. The molecule has 0 aliphatic heterocycles. The SMILES string of the molecule is CCC(C)C(=O)OCCOC(=O)C(F)(F)CC(F)(F)CCF. The Morgan fingerprint density at radius 2 is 1.64 bits per heavy atom. The van der Waals surface area contributed by atoms with Crippen molar-refractivity contribution < 1.29 is 41.0 Å². The van der Waals surface area contributed by atoms with Crippen LogP contribution in [-0.4, -0.2) is 43.7 Å². The van der Waals surface area contributed by atoms with Crippen molar-refractivity contribution in [3.8, 4) is 0 Å². The van der Waals surface area contributed by atoms with E-state index in [1.54, 1.807) is 13.8 Å². The molecular formula is C13H19F5O4. The summed E-state index contributed by atoms with van der Waals surface area (Å²) < 4.78 is 72.8. The van der Waals surface area contributed by atoms with Crippen molar-refractivity contribution in [3.63, 3.8) is 0 Å². The number of carbonyl (C=O) groups excluding carboxylic acids is 2. The minimum absolute atomic E-state index is 0.392. The number of carbonyl (C=O) groups is 2. The molecule has 22 heavy (non-hydrogen) atoms. The molecule has 0 spiro atoms. The van der Waals surface area contributed by atoms with Crippen molar-refractivity contribution in [1.29, 1.82) is 0 Å². The Bertz CT molecular complexity index is 373. The monoisotopic (exact) mass is 334 g/mol. The number of hydrogen-bond donors (Lipinski definition) is 0. The molecule has 130 valence electrons. The molecule has 0 aromatic carbocycles. The fraction of sp³-hybridized carbons (Fsp3) is 0.846. The van der Waals surface area contributed by atoms with Gasteiger partial charge in [0.2, 0.25) is 0 Å². The lowest BCUT2D eigenvalue weighted by Gasteiger charge is -2.21. The smallest absolute Gasteiger partial charge is 0.377 e. The molecule has 0 amide bonds. The molecule has 0 rings (SSSR count). The van der Waals surface area contributed by atoms with Crippen molar-refractivity contribution in [2.45, 2.75) is 45.0 Å². The highest BCUT2D eigenvalue weighted by Gasteiger charge is 2.49. The molecule has 0 aromatic rings. The van der Waals surface area contributed by atoms with Gasteiger partial charge in [0, 0.05) is 6.42 Å². The third-order valence-electron chi connectivity index (χ3n) is 2.82. The lowest BCUT2D eigenvalue weighted by Crippen LogP contribution is -2.38. The van der Waals surface area contributed by atoms with Crippen LogP contribution < -0.4 is 0 Å². The van der Waals surface area contributed by atoms with Gasteiger partial charge in [0.05, 0.1) is 19.0 Å². The molecule has 0 aromatic heterocycles. The fourth-order valence-corrected chi connectivity index (χ4v) is 1.31. The molecular weight excluding hydrogens is 315 g/mol.